The van der Waals surface area contributed by atoms with Crippen LogP contribution in [0.4, 0.5) is 5.69 Å². The van der Waals surface area contributed by atoms with Gasteiger partial charge < -0.3 is 20.1 Å². The lowest BCUT2D eigenvalue weighted by molar-refractivity contribution is 0.353. The lowest BCUT2D eigenvalue weighted by atomic mass is 10.0. The third-order valence-corrected chi connectivity index (χ3v) is 4.88. The molecule has 0 atom stereocenters. The van der Waals surface area contributed by atoms with Crippen LogP contribution in [0, 0.1) is 0 Å². The molecule has 8 heteroatoms. The summed E-state index contributed by atoms with van der Waals surface area (Å²) < 4.78 is 10.7. The fourth-order valence-corrected chi connectivity index (χ4v) is 3.15. The summed E-state index contributed by atoms with van der Waals surface area (Å²) >= 11 is 6.07. The van der Waals surface area contributed by atoms with Gasteiger partial charge in [0.05, 0.1) is 19.7 Å². The first kappa shape index (κ1) is 26.1. The predicted octanol–water partition coefficient (Wildman–Crippen LogP) is 5.73. The largest absolute Gasteiger partial charge is 0.493 e. The average molecular weight is 473 g/mol. The van der Waals surface area contributed by atoms with Crippen LogP contribution in [0.1, 0.15) is 19.4 Å². The highest BCUT2D eigenvalue weighted by atomic mass is 35.5. The number of anilines is 1. The van der Waals surface area contributed by atoms with Gasteiger partial charge in [0, 0.05) is 40.9 Å². The summed E-state index contributed by atoms with van der Waals surface area (Å²) in [4.78, 5) is 4.39. The number of hydrogen-bond acceptors (Lipinski definition) is 5. The maximum absolute atomic E-state index is 6.07. The number of nitrogens with one attached hydrogen (secondary N) is 2. The molecule has 0 aliphatic carbocycles. The first-order chi connectivity index (χ1) is 13.4. The number of fused-ring (bicyclic) bond motifs is 1. The molecule has 0 saturated carbocycles. The van der Waals surface area contributed by atoms with Gasteiger partial charge in [-0.2, -0.15) is 0 Å². The molecule has 1 heterocycles. The molecular formula is C22H28Cl3N3O2. The summed E-state index contributed by atoms with van der Waals surface area (Å²) in [7, 11) is 3.29. The predicted molar refractivity (Wildman–Crippen MR) is 130 cm³/mol. The second-order valence-corrected chi connectivity index (χ2v) is 7.74. The van der Waals surface area contributed by atoms with Gasteiger partial charge in [-0.1, -0.05) is 17.7 Å². The zero-order chi connectivity index (χ0) is 20.1. The molecule has 0 spiro atoms. The van der Waals surface area contributed by atoms with E-state index in [9.17, 15) is 0 Å². The molecule has 1 aromatic heterocycles. The van der Waals surface area contributed by atoms with Gasteiger partial charge in [-0.15, -0.1) is 24.8 Å². The number of halogens is 3. The van der Waals surface area contributed by atoms with Crippen molar-refractivity contribution in [2.75, 3.05) is 26.1 Å². The van der Waals surface area contributed by atoms with Crippen molar-refractivity contribution < 1.29 is 9.47 Å². The number of ether oxygens (including phenoxy) is 2. The van der Waals surface area contributed by atoms with Gasteiger partial charge >= 0.3 is 0 Å². The number of nitrogens with zero attached hydrogens (tertiary/aromatic N) is 1. The van der Waals surface area contributed by atoms with Gasteiger partial charge in [0.25, 0.3) is 0 Å². The second-order valence-electron chi connectivity index (χ2n) is 7.30. The average Bonchev–Trinajstić information content (AvgIpc) is 2.70. The highest BCUT2D eigenvalue weighted by Crippen LogP contribution is 2.28. The van der Waals surface area contributed by atoms with E-state index < -0.39 is 0 Å². The molecule has 2 N–H and O–H groups in total. The summed E-state index contributed by atoms with van der Waals surface area (Å²) in [5.74, 6) is 1.47. The monoisotopic (exact) mass is 471 g/mol. The smallest absolute Gasteiger partial charge is 0.161 e. The Balaban J connectivity index is 0.00000225. The van der Waals surface area contributed by atoms with Gasteiger partial charge in [0.2, 0.25) is 0 Å². The maximum atomic E-state index is 6.07. The van der Waals surface area contributed by atoms with E-state index in [1.165, 1.54) is 0 Å². The van der Waals surface area contributed by atoms with Crippen LogP contribution in [0.2, 0.25) is 5.02 Å². The summed E-state index contributed by atoms with van der Waals surface area (Å²) in [6, 6.07) is 13.7. The fourth-order valence-electron chi connectivity index (χ4n) is 2.99. The molecule has 0 aliphatic heterocycles. The number of rotatable bonds is 8. The van der Waals surface area contributed by atoms with Crippen molar-refractivity contribution in [3.05, 3.63) is 59.2 Å². The quantitative estimate of drug-likeness (QED) is 0.438. The van der Waals surface area contributed by atoms with Crippen molar-refractivity contribution in [1.29, 1.82) is 0 Å². The Hall–Kier alpha value is -1.92. The van der Waals surface area contributed by atoms with Gasteiger partial charge in [0.1, 0.15) is 0 Å². The summed E-state index contributed by atoms with van der Waals surface area (Å²) in [6.07, 6.45) is 1.80. The molecule has 3 rings (SSSR count). The minimum absolute atomic E-state index is 0. The van der Waals surface area contributed by atoms with Crippen LogP contribution in [-0.4, -0.2) is 31.3 Å². The Morgan fingerprint density at radius 1 is 0.967 bits per heavy atom. The van der Waals surface area contributed by atoms with E-state index >= 15 is 0 Å². The van der Waals surface area contributed by atoms with Crippen molar-refractivity contribution >= 4 is 53.0 Å². The van der Waals surface area contributed by atoms with Gasteiger partial charge in [-0.3, -0.25) is 4.98 Å². The maximum Gasteiger partial charge on any atom is 0.161 e. The van der Waals surface area contributed by atoms with E-state index in [1.807, 2.05) is 42.5 Å². The van der Waals surface area contributed by atoms with Crippen molar-refractivity contribution in [2.45, 2.75) is 25.9 Å². The van der Waals surface area contributed by atoms with Gasteiger partial charge in [0.15, 0.2) is 11.5 Å². The zero-order valence-electron chi connectivity index (χ0n) is 17.5. The molecule has 3 aromatic rings. The third kappa shape index (κ3) is 6.54. The Morgan fingerprint density at radius 3 is 2.40 bits per heavy atom. The first-order valence-corrected chi connectivity index (χ1v) is 9.54. The van der Waals surface area contributed by atoms with Crippen molar-refractivity contribution in [2.24, 2.45) is 0 Å². The Morgan fingerprint density at radius 2 is 1.70 bits per heavy atom. The van der Waals surface area contributed by atoms with E-state index in [-0.39, 0.29) is 30.4 Å². The van der Waals surface area contributed by atoms with Crippen LogP contribution < -0.4 is 20.1 Å². The number of pyridine rings is 1. The number of aromatic nitrogens is 1. The molecule has 0 fully saturated rings. The van der Waals surface area contributed by atoms with Crippen LogP contribution in [0.15, 0.2) is 48.7 Å². The molecule has 0 unspecified atom stereocenters. The zero-order valence-corrected chi connectivity index (χ0v) is 19.9. The molecule has 0 radical (unpaired) electrons. The summed E-state index contributed by atoms with van der Waals surface area (Å²) in [6.45, 7) is 5.81. The van der Waals surface area contributed by atoms with Crippen LogP contribution >= 0.6 is 36.4 Å². The molecule has 0 bridgehead atoms. The molecule has 30 heavy (non-hydrogen) atoms. The third-order valence-electron chi connectivity index (χ3n) is 4.64. The Labute approximate surface area is 195 Å². The SMILES string of the molecule is COc1ccc(CNC(C)(C)CNc2ccnc3cc(Cl)ccc23)cc1OC.Cl.Cl. The molecule has 0 aliphatic rings. The Bertz CT molecular complexity index is 968. The van der Waals surface area contributed by atoms with Crippen LogP contribution in [0.5, 0.6) is 11.5 Å². The number of methoxy groups -OCH3 is 2. The number of hydrogen-bond donors (Lipinski definition) is 2. The number of benzene rings is 2. The van der Waals surface area contributed by atoms with Crippen molar-refractivity contribution in [3.63, 3.8) is 0 Å². The lowest BCUT2D eigenvalue weighted by Gasteiger charge is -2.28. The molecule has 0 saturated heterocycles. The standard InChI is InChI=1S/C22H26ClN3O2.2ClH/c1-22(2,26-13-15-5-8-20(27-3)21(11-15)28-4)14-25-18-9-10-24-19-12-16(23)6-7-17(18)19;;/h5-12,26H,13-14H2,1-4H3,(H,24,25);2*1H. The van der Waals surface area contributed by atoms with Crippen LogP contribution in [0.3, 0.4) is 0 Å². The van der Waals surface area contributed by atoms with E-state index in [4.69, 9.17) is 21.1 Å². The van der Waals surface area contributed by atoms with Gasteiger partial charge in [-0.05, 0) is 55.8 Å². The topological polar surface area (TPSA) is 55.4 Å². The van der Waals surface area contributed by atoms with Gasteiger partial charge in [-0.25, -0.2) is 0 Å². The molecule has 0 amide bonds. The van der Waals surface area contributed by atoms with Crippen LogP contribution in [-0.2, 0) is 6.54 Å². The minimum atomic E-state index is -0.130. The minimum Gasteiger partial charge on any atom is -0.493 e. The highest BCUT2D eigenvalue weighted by molar-refractivity contribution is 6.31. The van der Waals surface area contributed by atoms with E-state index in [0.717, 1.165) is 46.7 Å². The van der Waals surface area contributed by atoms with E-state index in [1.54, 1.807) is 20.4 Å². The van der Waals surface area contributed by atoms with E-state index in [0.29, 0.717) is 5.02 Å². The summed E-state index contributed by atoms with van der Waals surface area (Å²) in [5, 5.41) is 8.88. The summed E-state index contributed by atoms with van der Waals surface area (Å²) in [5.41, 5.74) is 2.93. The highest BCUT2D eigenvalue weighted by Gasteiger charge is 2.18. The first-order valence-electron chi connectivity index (χ1n) is 9.16. The molecule has 5 nitrogen and oxygen atoms in total. The van der Waals surface area contributed by atoms with Crippen molar-refractivity contribution in [3.8, 4) is 11.5 Å². The lowest BCUT2D eigenvalue weighted by Crippen LogP contribution is -2.44. The normalized spacial score (nSPS) is 10.7. The molecular weight excluding hydrogens is 445 g/mol. The van der Waals surface area contributed by atoms with E-state index in [2.05, 4.69) is 29.5 Å². The second kappa shape index (κ2) is 11.5. The molecule has 2 aromatic carbocycles. The fraction of sp³-hybridized carbons (Fsp3) is 0.318. The Kier molecular flexibility index (Phi) is 9.98. The molecule has 164 valence electrons. The van der Waals surface area contributed by atoms with Crippen molar-refractivity contribution in [1.82, 2.24) is 10.3 Å². The van der Waals surface area contributed by atoms with Crippen LogP contribution in [0.25, 0.3) is 10.9 Å².